The third-order valence-electron chi connectivity index (χ3n) is 3.09. The van der Waals surface area contributed by atoms with E-state index >= 15 is 0 Å². The lowest BCUT2D eigenvalue weighted by molar-refractivity contribution is 0.506. The zero-order valence-electron chi connectivity index (χ0n) is 11.6. The molecule has 0 radical (unpaired) electrons. The number of guanidine groups is 1. The maximum Gasteiger partial charge on any atom is 0.191 e. The monoisotopic (exact) mass is 261 g/mol. The first-order chi connectivity index (χ1) is 9.38. The lowest BCUT2D eigenvalue weighted by Crippen LogP contribution is -2.43. The number of nitrogens with zero attached hydrogens (tertiary/aromatic N) is 1. The summed E-state index contributed by atoms with van der Waals surface area (Å²) >= 11 is 0. The van der Waals surface area contributed by atoms with Crippen LogP contribution >= 0.6 is 0 Å². The Morgan fingerprint density at radius 3 is 2.95 bits per heavy atom. The molecule has 2 rings (SSSR count). The molecular formula is C15H23N3O. The van der Waals surface area contributed by atoms with Crippen LogP contribution < -0.4 is 10.6 Å². The maximum absolute atomic E-state index is 5.32. The first-order valence-corrected chi connectivity index (χ1v) is 7.10. The van der Waals surface area contributed by atoms with Gasteiger partial charge in [0.1, 0.15) is 5.76 Å². The van der Waals surface area contributed by atoms with Gasteiger partial charge in [-0.05, 0) is 31.4 Å². The number of furan rings is 1. The van der Waals surface area contributed by atoms with E-state index in [1.165, 1.54) is 0 Å². The summed E-state index contributed by atoms with van der Waals surface area (Å²) in [5.41, 5.74) is 0. The standard InChI is InChI=1S/C15H23N3O/c1-2-10-16-15(18-13-6-3-4-7-13)17-11-9-14-8-5-12-19-14/h3-5,8,12-13H,2,6-7,9-11H2,1H3,(H2,16,17,18). The van der Waals surface area contributed by atoms with E-state index in [-0.39, 0.29) is 0 Å². The number of hydrogen-bond donors (Lipinski definition) is 2. The molecule has 0 saturated carbocycles. The van der Waals surface area contributed by atoms with Crippen LogP contribution in [0.25, 0.3) is 0 Å². The predicted octanol–water partition coefficient (Wildman–Crippen LogP) is 2.49. The SMILES string of the molecule is CCCN=C(NCCc1ccco1)NC1CC=CC1. The van der Waals surface area contributed by atoms with Crippen LogP contribution in [0.5, 0.6) is 0 Å². The van der Waals surface area contributed by atoms with E-state index in [4.69, 9.17) is 4.42 Å². The Kier molecular flexibility index (Phi) is 5.53. The topological polar surface area (TPSA) is 49.6 Å². The molecule has 4 nitrogen and oxygen atoms in total. The van der Waals surface area contributed by atoms with Crippen molar-refractivity contribution in [1.82, 2.24) is 10.6 Å². The van der Waals surface area contributed by atoms with Crippen molar-refractivity contribution in [3.63, 3.8) is 0 Å². The van der Waals surface area contributed by atoms with E-state index in [0.717, 1.165) is 50.5 Å². The minimum absolute atomic E-state index is 0.492. The minimum atomic E-state index is 0.492. The number of aliphatic imine (C=N–C) groups is 1. The molecule has 0 aromatic carbocycles. The molecule has 0 amide bonds. The van der Waals surface area contributed by atoms with Crippen molar-refractivity contribution >= 4 is 5.96 Å². The lowest BCUT2D eigenvalue weighted by Gasteiger charge is -2.17. The molecule has 0 aliphatic heterocycles. The van der Waals surface area contributed by atoms with Crippen molar-refractivity contribution in [3.8, 4) is 0 Å². The molecule has 1 aliphatic carbocycles. The van der Waals surface area contributed by atoms with Crippen LogP contribution in [0, 0.1) is 0 Å². The van der Waals surface area contributed by atoms with Crippen molar-refractivity contribution in [1.29, 1.82) is 0 Å². The van der Waals surface area contributed by atoms with Crippen LogP contribution in [0.1, 0.15) is 31.9 Å². The molecule has 1 aromatic heterocycles. The molecule has 0 bridgehead atoms. The Bertz CT molecular complexity index is 401. The third-order valence-corrected chi connectivity index (χ3v) is 3.09. The summed E-state index contributed by atoms with van der Waals surface area (Å²) < 4.78 is 5.32. The first-order valence-electron chi connectivity index (χ1n) is 7.10. The number of rotatable bonds is 6. The summed E-state index contributed by atoms with van der Waals surface area (Å²) in [6, 6.07) is 4.41. The zero-order chi connectivity index (χ0) is 13.3. The van der Waals surface area contributed by atoms with Crippen molar-refractivity contribution in [2.75, 3.05) is 13.1 Å². The molecule has 1 aliphatic rings. The average molecular weight is 261 g/mol. The second-order valence-electron chi connectivity index (χ2n) is 4.77. The largest absolute Gasteiger partial charge is 0.469 e. The fraction of sp³-hybridized carbons (Fsp3) is 0.533. The van der Waals surface area contributed by atoms with Crippen molar-refractivity contribution in [2.45, 2.75) is 38.6 Å². The highest BCUT2D eigenvalue weighted by Crippen LogP contribution is 2.08. The Morgan fingerprint density at radius 1 is 1.42 bits per heavy atom. The van der Waals surface area contributed by atoms with Gasteiger partial charge in [-0.3, -0.25) is 4.99 Å². The van der Waals surface area contributed by atoms with E-state index in [2.05, 4.69) is 34.7 Å². The van der Waals surface area contributed by atoms with Gasteiger partial charge in [-0.1, -0.05) is 19.1 Å². The highest BCUT2D eigenvalue weighted by molar-refractivity contribution is 5.80. The summed E-state index contributed by atoms with van der Waals surface area (Å²) in [5, 5.41) is 6.85. The minimum Gasteiger partial charge on any atom is -0.469 e. The summed E-state index contributed by atoms with van der Waals surface area (Å²) in [7, 11) is 0. The molecule has 0 spiro atoms. The fourth-order valence-corrected chi connectivity index (χ4v) is 2.06. The second kappa shape index (κ2) is 7.67. The summed E-state index contributed by atoms with van der Waals surface area (Å²) in [5.74, 6) is 1.92. The van der Waals surface area contributed by atoms with Gasteiger partial charge in [-0.2, -0.15) is 0 Å². The van der Waals surface area contributed by atoms with Gasteiger partial charge in [0.25, 0.3) is 0 Å². The molecule has 4 heteroatoms. The highest BCUT2D eigenvalue weighted by atomic mass is 16.3. The van der Waals surface area contributed by atoms with Gasteiger partial charge in [0.15, 0.2) is 5.96 Å². The lowest BCUT2D eigenvalue weighted by atomic mass is 10.2. The van der Waals surface area contributed by atoms with E-state index < -0.39 is 0 Å². The molecular weight excluding hydrogens is 238 g/mol. The van der Waals surface area contributed by atoms with Crippen molar-refractivity contribution < 1.29 is 4.42 Å². The van der Waals surface area contributed by atoms with E-state index in [1.807, 2.05) is 12.1 Å². The van der Waals surface area contributed by atoms with Crippen LogP contribution in [0.2, 0.25) is 0 Å². The number of hydrogen-bond acceptors (Lipinski definition) is 2. The summed E-state index contributed by atoms with van der Waals surface area (Å²) in [6.07, 6.45) is 10.3. The van der Waals surface area contributed by atoms with E-state index in [1.54, 1.807) is 6.26 Å². The molecule has 19 heavy (non-hydrogen) atoms. The van der Waals surface area contributed by atoms with Crippen LogP contribution in [-0.4, -0.2) is 25.1 Å². The molecule has 104 valence electrons. The Labute approximate surface area is 115 Å². The van der Waals surface area contributed by atoms with Crippen LogP contribution in [0.15, 0.2) is 40.0 Å². The van der Waals surface area contributed by atoms with Crippen LogP contribution in [0.4, 0.5) is 0 Å². The fourth-order valence-electron chi connectivity index (χ4n) is 2.06. The average Bonchev–Trinajstić information content (AvgIpc) is 3.08. The molecule has 0 unspecified atom stereocenters. The van der Waals surface area contributed by atoms with Crippen LogP contribution in [0.3, 0.4) is 0 Å². The molecule has 0 saturated heterocycles. The molecule has 0 atom stereocenters. The van der Waals surface area contributed by atoms with Gasteiger partial charge in [-0.15, -0.1) is 0 Å². The highest BCUT2D eigenvalue weighted by Gasteiger charge is 2.11. The number of nitrogens with one attached hydrogen (secondary N) is 2. The predicted molar refractivity (Wildman–Crippen MR) is 78.3 cm³/mol. The van der Waals surface area contributed by atoms with Crippen molar-refractivity contribution in [2.24, 2.45) is 4.99 Å². The first kappa shape index (κ1) is 13.7. The van der Waals surface area contributed by atoms with Gasteiger partial charge < -0.3 is 15.1 Å². The molecule has 1 aromatic rings. The summed E-state index contributed by atoms with van der Waals surface area (Å²) in [4.78, 5) is 4.56. The van der Waals surface area contributed by atoms with Gasteiger partial charge in [0.2, 0.25) is 0 Å². The van der Waals surface area contributed by atoms with Gasteiger partial charge >= 0.3 is 0 Å². The van der Waals surface area contributed by atoms with Crippen molar-refractivity contribution in [3.05, 3.63) is 36.3 Å². The molecule has 0 fully saturated rings. The van der Waals surface area contributed by atoms with E-state index in [9.17, 15) is 0 Å². The summed E-state index contributed by atoms with van der Waals surface area (Å²) in [6.45, 7) is 3.83. The van der Waals surface area contributed by atoms with Gasteiger partial charge in [-0.25, -0.2) is 0 Å². The van der Waals surface area contributed by atoms with Gasteiger partial charge in [0.05, 0.1) is 6.26 Å². The molecule has 1 heterocycles. The second-order valence-corrected chi connectivity index (χ2v) is 4.77. The Morgan fingerprint density at radius 2 is 2.26 bits per heavy atom. The van der Waals surface area contributed by atoms with Crippen LogP contribution in [-0.2, 0) is 6.42 Å². The Hall–Kier alpha value is -1.71. The quantitative estimate of drug-likeness (QED) is 0.470. The smallest absolute Gasteiger partial charge is 0.191 e. The maximum atomic E-state index is 5.32. The van der Waals surface area contributed by atoms with Gasteiger partial charge in [0, 0.05) is 25.6 Å². The molecule has 2 N–H and O–H groups in total. The third kappa shape index (κ3) is 4.81. The zero-order valence-corrected chi connectivity index (χ0v) is 11.6. The Balaban J connectivity index is 1.76. The van der Waals surface area contributed by atoms with E-state index in [0.29, 0.717) is 6.04 Å². The normalized spacial score (nSPS) is 15.9.